The summed E-state index contributed by atoms with van der Waals surface area (Å²) in [5, 5.41) is 16.9. The Morgan fingerprint density at radius 2 is 1.76 bits per heavy atom. The topological polar surface area (TPSA) is 78.9 Å². The first kappa shape index (κ1) is 13.1. The molecule has 0 aliphatic heterocycles. The largest absolute Gasteiger partial charge is 0.384 e. The van der Waals surface area contributed by atoms with Gasteiger partial charge in [-0.1, -0.05) is 30.3 Å². The van der Waals surface area contributed by atoms with Gasteiger partial charge in [-0.15, -0.1) is 0 Å². The molecule has 0 saturated heterocycles. The maximum absolute atomic E-state index is 7.72. The summed E-state index contributed by atoms with van der Waals surface area (Å²) in [5.74, 6) is 0.0452. The Morgan fingerprint density at radius 1 is 1.05 bits per heavy atom. The maximum atomic E-state index is 7.72. The number of nitrogens with one attached hydrogen (secondary N) is 1. The summed E-state index contributed by atoms with van der Waals surface area (Å²) >= 11 is 0. The van der Waals surface area contributed by atoms with Crippen molar-refractivity contribution < 1.29 is 0 Å². The van der Waals surface area contributed by atoms with E-state index < -0.39 is 0 Å². The van der Waals surface area contributed by atoms with E-state index in [1.807, 2.05) is 60.5 Å². The molecule has 3 rings (SSSR count). The monoisotopic (exact) mass is 277 g/mol. The molecule has 0 unspecified atom stereocenters. The number of anilines is 2. The molecule has 0 bridgehead atoms. The molecule has 0 spiro atoms. The number of amidine groups is 1. The average Bonchev–Trinajstić information content (AvgIpc) is 2.53. The number of benzene rings is 2. The van der Waals surface area contributed by atoms with E-state index in [-0.39, 0.29) is 5.84 Å². The standard InChI is InChI=1S/C16H15N5/c1-21(14-9-5-3-7-12(14)16(17)18)15-10-19-20-13-8-4-2-6-11(13)15/h2-10H,1H3,(H3,17,18). The molecule has 0 aliphatic carbocycles. The number of hydrogen-bond acceptors (Lipinski definition) is 4. The first-order valence-electron chi connectivity index (χ1n) is 6.56. The van der Waals surface area contributed by atoms with Crippen molar-refractivity contribution >= 4 is 28.1 Å². The number of aromatic nitrogens is 2. The number of rotatable bonds is 3. The number of nitrogen functional groups attached to an aromatic ring is 1. The van der Waals surface area contributed by atoms with Gasteiger partial charge in [-0.25, -0.2) is 0 Å². The van der Waals surface area contributed by atoms with Crippen LogP contribution in [0, 0.1) is 5.41 Å². The molecule has 5 nitrogen and oxygen atoms in total. The molecule has 0 fully saturated rings. The minimum atomic E-state index is 0.0452. The summed E-state index contributed by atoms with van der Waals surface area (Å²) in [5.41, 5.74) is 8.99. The van der Waals surface area contributed by atoms with E-state index in [9.17, 15) is 0 Å². The third-order valence-corrected chi connectivity index (χ3v) is 3.44. The van der Waals surface area contributed by atoms with E-state index >= 15 is 0 Å². The Hall–Kier alpha value is -2.95. The van der Waals surface area contributed by atoms with Gasteiger partial charge in [0.05, 0.1) is 23.1 Å². The predicted molar refractivity (Wildman–Crippen MR) is 85.1 cm³/mol. The van der Waals surface area contributed by atoms with Crippen molar-refractivity contribution in [3.8, 4) is 0 Å². The number of nitrogens with zero attached hydrogens (tertiary/aromatic N) is 3. The zero-order valence-corrected chi connectivity index (χ0v) is 11.6. The summed E-state index contributed by atoms with van der Waals surface area (Å²) in [6.45, 7) is 0. The quantitative estimate of drug-likeness (QED) is 0.570. The molecular formula is C16H15N5. The van der Waals surface area contributed by atoms with Crippen LogP contribution in [0.1, 0.15) is 5.56 Å². The summed E-state index contributed by atoms with van der Waals surface area (Å²) in [7, 11) is 1.94. The fraction of sp³-hybridized carbons (Fsp3) is 0.0625. The van der Waals surface area contributed by atoms with Gasteiger partial charge in [-0.3, -0.25) is 5.41 Å². The second-order valence-corrected chi connectivity index (χ2v) is 4.74. The lowest BCUT2D eigenvalue weighted by Gasteiger charge is -2.23. The highest BCUT2D eigenvalue weighted by molar-refractivity contribution is 6.02. The van der Waals surface area contributed by atoms with Crippen molar-refractivity contribution in [3.63, 3.8) is 0 Å². The van der Waals surface area contributed by atoms with Gasteiger partial charge < -0.3 is 10.6 Å². The molecule has 0 atom stereocenters. The molecule has 1 aromatic heterocycles. The lowest BCUT2D eigenvalue weighted by molar-refractivity contribution is 1.06. The highest BCUT2D eigenvalue weighted by Crippen LogP contribution is 2.31. The molecule has 0 saturated carbocycles. The van der Waals surface area contributed by atoms with Gasteiger partial charge in [-0.2, -0.15) is 10.2 Å². The van der Waals surface area contributed by atoms with Gasteiger partial charge in [0.2, 0.25) is 0 Å². The van der Waals surface area contributed by atoms with Gasteiger partial charge in [-0.05, 0) is 18.2 Å². The predicted octanol–water partition coefficient (Wildman–Crippen LogP) is 2.68. The number of hydrogen-bond donors (Lipinski definition) is 2. The zero-order valence-electron chi connectivity index (χ0n) is 11.6. The van der Waals surface area contributed by atoms with Crippen LogP contribution in [0.2, 0.25) is 0 Å². The minimum Gasteiger partial charge on any atom is -0.384 e. The Labute approximate surface area is 122 Å². The normalized spacial score (nSPS) is 10.5. The molecule has 104 valence electrons. The van der Waals surface area contributed by atoms with Crippen LogP contribution in [0.4, 0.5) is 11.4 Å². The van der Waals surface area contributed by atoms with Crippen LogP contribution < -0.4 is 10.6 Å². The van der Waals surface area contributed by atoms with Crippen LogP contribution in [0.25, 0.3) is 10.9 Å². The summed E-state index contributed by atoms with van der Waals surface area (Å²) in [6, 6.07) is 15.4. The van der Waals surface area contributed by atoms with Crippen LogP contribution in [0.3, 0.4) is 0 Å². The van der Waals surface area contributed by atoms with Gasteiger partial charge >= 0.3 is 0 Å². The van der Waals surface area contributed by atoms with Gasteiger partial charge in [0.15, 0.2) is 0 Å². The SMILES string of the molecule is CN(c1ccccc1C(=N)N)c1cnnc2ccccc12. The molecule has 0 radical (unpaired) electrons. The van der Waals surface area contributed by atoms with E-state index in [2.05, 4.69) is 10.2 Å². The molecule has 1 heterocycles. The van der Waals surface area contributed by atoms with Crippen molar-refractivity contribution in [2.75, 3.05) is 11.9 Å². The van der Waals surface area contributed by atoms with Crippen LogP contribution in [-0.4, -0.2) is 23.1 Å². The first-order chi connectivity index (χ1) is 10.2. The first-order valence-corrected chi connectivity index (χ1v) is 6.56. The highest BCUT2D eigenvalue weighted by atomic mass is 15.2. The zero-order chi connectivity index (χ0) is 14.8. The Kier molecular flexibility index (Phi) is 3.23. The molecular weight excluding hydrogens is 262 g/mol. The van der Waals surface area contributed by atoms with Crippen molar-refractivity contribution in [2.24, 2.45) is 5.73 Å². The molecule has 21 heavy (non-hydrogen) atoms. The molecule has 3 aromatic rings. The van der Waals surface area contributed by atoms with Gasteiger partial charge in [0, 0.05) is 18.0 Å². The van der Waals surface area contributed by atoms with Gasteiger partial charge in [0.1, 0.15) is 5.84 Å². The third kappa shape index (κ3) is 2.29. The van der Waals surface area contributed by atoms with Crippen molar-refractivity contribution in [1.82, 2.24) is 10.2 Å². The summed E-state index contributed by atoms with van der Waals surface area (Å²) in [6.07, 6.45) is 1.72. The minimum absolute atomic E-state index is 0.0452. The smallest absolute Gasteiger partial charge is 0.124 e. The van der Waals surface area contributed by atoms with E-state index in [0.29, 0.717) is 5.56 Å². The van der Waals surface area contributed by atoms with Gasteiger partial charge in [0.25, 0.3) is 0 Å². The average molecular weight is 277 g/mol. The van der Waals surface area contributed by atoms with Crippen LogP contribution in [-0.2, 0) is 0 Å². The van der Waals surface area contributed by atoms with E-state index in [1.54, 1.807) is 6.20 Å². The summed E-state index contributed by atoms with van der Waals surface area (Å²) < 4.78 is 0. The number of nitrogens with two attached hydrogens (primary N) is 1. The second-order valence-electron chi connectivity index (χ2n) is 4.74. The third-order valence-electron chi connectivity index (χ3n) is 3.44. The summed E-state index contributed by atoms with van der Waals surface area (Å²) in [4.78, 5) is 1.98. The second kappa shape index (κ2) is 5.20. The molecule has 0 aliphatic rings. The lowest BCUT2D eigenvalue weighted by atomic mass is 10.1. The van der Waals surface area contributed by atoms with E-state index in [0.717, 1.165) is 22.3 Å². The van der Waals surface area contributed by atoms with Crippen LogP contribution >= 0.6 is 0 Å². The fourth-order valence-corrected chi connectivity index (χ4v) is 2.38. The molecule has 0 amide bonds. The number of fused-ring (bicyclic) bond motifs is 1. The van der Waals surface area contributed by atoms with Crippen molar-refractivity contribution in [1.29, 1.82) is 5.41 Å². The fourth-order valence-electron chi connectivity index (χ4n) is 2.38. The van der Waals surface area contributed by atoms with Crippen molar-refractivity contribution in [2.45, 2.75) is 0 Å². The van der Waals surface area contributed by atoms with Crippen LogP contribution in [0.5, 0.6) is 0 Å². The van der Waals surface area contributed by atoms with Crippen LogP contribution in [0.15, 0.2) is 54.7 Å². The number of para-hydroxylation sites is 1. The van der Waals surface area contributed by atoms with E-state index in [1.165, 1.54) is 0 Å². The maximum Gasteiger partial charge on any atom is 0.124 e. The Balaban J connectivity index is 2.18. The molecule has 3 N–H and O–H groups in total. The Morgan fingerprint density at radius 3 is 2.57 bits per heavy atom. The lowest BCUT2D eigenvalue weighted by Crippen LogP contribution is -2.18. The van der Waals surface area contributed by atoms with E-state index in [4.69, 9.17) is 11.1 Å². The molecule has 2 aromatic carbocycles. The molecule has 5 heteroatoms. The highest BCUT2D eigenvalue weighted by Gasteiger charge is 2.13. The Bertz CT molecular complexity index is 807. The van der Waals surface area contributed by atoms with Crippen molar-refractivity contribution in [3.05, 3.63) is 60.3 Å².